The van der Waals surface area contributed by atoms with Crippen LogP contribution in [-0.4, -0.2) is 16.5 Å². The van der Waals surface area contributed by atoms with Crippen molar-refractivity contribution in [1.29, 1.82) is 0 Å². The van der Waals surface area contributed by atoms with Gasteiger partial charge in [-0.2, -0.15) is 5.10 Å². The number of nitrogen functional groups attached to an aromatic ring is 1. The summed E-state index contributed by atoms with van der Waals surface area (Å²) in [4.78, 5) is 1.21. The van der Waals surface area contributed by atoms with E-state index in [0.717, 1.165) is 11.4 Å². The van der Waals surface area contributed by atoms with Gasteiger partial charge in [0.15, 0.2) is 0 Å². The van der Waals surface area contributed by atoms with Crippen molar-refractivity contribution >= 4 is 29.0 Å². The van der Waals surface area contributed by atoms with Crippen LogP contribution in [0.5, 0.6) is 0 Å². The first-order valence-electron chi connectivity index (χ1n) is 4.49. The average Bonchev–Trinajstić information content (AvgIpc) is 2.65. The third-order valence-electron chi connectivity index (χ3n) is 2.02. The van der Waals surface area contributed by atoms with Gasteiger partial charge in [0.1, 0.15) is 11.5 Å². The van der Waals surface area contributed by atoms with Gasteiger partial charge in [-0.15, -0.1) is 11.8 Å². The van der Waals surface area contributed by atoms with E-state index >= 15 is 0 Å². The summed E-state index contributed by atoms with van der Waals surface area (Å²) in [6.07, 6.45) is 3.71. The van der Waals surface area contributed by atoms with Gasteiger partial charge < -0.3 is 11.1 Å². The van der Waals surface area contributed by atoms with Crippen molar-refractivity contribution in [2.45, 2.75) is 4.90 Å². The molecular formula is C10H12N4S. The van der Waals surface area contributed by atoms with Crippen LogP contribution in [0.3, 0.4) is 0 Å². The predicted octanol–water partition coefficient (Wildman–Crippen LogP) is 2.46. The average molecular weight is 220 g/mol. The van der Waals surface area contributed by atoms with Gasteiger partial charge >= 0.3 is 0 Å². The highest BCUT2D eigenvalue weighted by Gasteiger charge is 2.01. The van der Waals surface area contributed by atoms with Crippen LogP contribution in [0.4, 0.5) is 17.2 Å². The second-order valence-electron chi connectivity index (χ2n) is 3.05. The van der Waals surface area contributed by atoms with Crippen LogP contribution in [0, 0.1) is 0 Å². The highest BCUT2D eigenvalue weighted by atomic mass is 32.2. The minimum Gasteiger partial charge on any atom is -0.382 e. The zero-order chi connectivity index (χ0) is 10.7. The quantitative estimate of drug-likeness (QED) is 0.695. The molecule has 0 unspecified atom stereocenters. The molecule has 2 aromatic rings. The molecule has 4 N–H and O–H groups in total. The van der Waals surface area contributed by atoms with E-state index in [2.05, 4.69) is 27.6 Å². The van der Waals surface area contributed by atoms with Crippen molar-refractivity contribution in [2.24, 2.45) is 0 Å². The van der Waals surface area contributed by atoms with E-state index in [9.17, 15) is 0 Å². The van der Waals surface area contributed by atoms with E-state index in [1.54, 1.807) is 18.0 Å². The minimum absolute atomic E-state index is 0.546. The van der Waals surface area contributed by atoms with Crippen molar-refractivity contribution in [3.63, 3.8) is 0 Å². The summed E-state index contributed by atoms with van der Waals surface area (Å²) in [5.74, 6) is 0.546. The van der Waals surface area contributed by atoms with Crippen LogP contribution >= 0.6 is 11.8 Å². The number of nitrogens with one attached hydrogen (secondary N) is 2. The number of hydrogen-bond donors (Lipinski definition) is 3. The largest absolute Gasteiger partial charge is 0.382 e. The molecule has 0 spiro atoms. The minimum atomic E-state index is 0.546. The first kappa shape index (κ1) is 9.92. The second-order valence-corrected chi connectivity index (χ2v) is 3.93. The Labute approximate surface area is 92.3 Å². The lowest BCUT2D eigenvalue weighted by Gasteiger charge is -2.05. The molecule has 5 heteroatoms. The maximum Gasteiger partial charge on any atom is 0.143 e. The van der Waals surface area contributed by atoms with E-state index in [-0.39, 0.29) is 0 Å². The van der Waals surface area contributed by atoms with Crippen molar-refractivity contribution in [3.8, 4) is 0 Å². The standard InChI is InChI=1S/C10H12N4S/c1-15-8-4-2-3-7(5-8)13-9-6-12-14-10(9)11/h2-6,13H,1H3,(H3,11,12,14). The lowest BCUT2D eigenvalue weighted by atomic mass is 10.3. The Balaban J connectivity index is 2.21. The normalized spacial score (nSPS) is 10.2. The highest BCUT2D eigenvalue weighted by molar-refractivity contribution is 7.98. The summed E-state index contributed by atoms with van der Waals surface area (Å²) in [7, 11) is 0. The van der Waals surface area contributed by atoms with Crippen LogP contribution in [0.2, 0.25) is 0 Å². The Morgan fingerprint density at radius 1 is 1.47 bits per heavy atom. The number of benzene rings is 1. The third kappa shape index (κ3) is 2.24. The molecule has 15 heavy (non-hydrogen) atoms. The topological polar surface area (TPSA) is 66.7 Å². The smallest absolute Gasteiger partial charge is 0.143 e. The number of rotatable bonds is 3. The monoisotopic (exact) mass is 220 g/mol. The summed E-state index contributed by atoms with van der Waals surface area (Å²) in [5.41, 5.74) is 7.48. The Hall–Kier alpha value is -1.62. The summed E-state index contributed by atoms with van der Waals surface area (Å²) in [5, 5.41) is 9.72. The molecule has 0 saturated heterocycles. The van der Waals surface area contributed by atoms with E-state index < -0.39 is 0 Å². The fourth-order valence-corrected chi connectivity index (χ4v) is 1.71. The lowest BCUT2D eigenvalue weighted by molar-refractivity contribution is 1.10. The van der Waals surface area contributed by atoms with Crippen LogP contribution in [-0.2, 0) is 0 Å². The maximum atomic E-state index is 5.67. The molecular weight excluding hydrogens is 208 g/mol. The first-order valence-corrected chi connectivity index (χ1v) is 5.72. The summed E-state index contributed by atoms with van der Waals surface area (Å²) < 4.78 is 0. The number of nitrogens with two attached hydrogens (primary N) is 1. The van der Waals surface area contributed by atoms with E-state index in [4.69, 9.17) is 5.73 Å². The van der Waals surface area contributed by atoms with Crippen molar-refractivity contribution in [2.75, 3.05) is 17.3 Å². The highest BCUT2D eigenvalue weighted by Crippen LogP contribution is 2.24. The SMILES string of the molecule is CSc1cccc(Nc2cn[nH]c2N)c1. The number of nitrogens with zero attached hydrogens (tertiary/aromatic N) is 1. The molecule has 0 amide bonds. The molecule has 0 aliphatic rings. The Kier molecular flexibility index (Phi) is 2.82. The zero-order valence-electron chi connectivity index (χ0n) is 8.32. The first-order chi connectivity index (χ1) is 7.29. The predicted molar refractivity (Wildman–Crippen MR) is 64.5 cm³/mol. The molecule has 0 aliphatic heterocycles. The van der Waals surface area contributed by atoms with Gasteiger partial charge in [-0.05, 0) is 24.5 Å². The molecule has 0 atom stereocenters. The molecule has 2 rings (SSSR count). The van der Waals surface area contributed by atoms with Crippen LogP contribution < -0.4 is 11.1 Å². The van der Waals surface area contributed by atoms with Gasteiger partial charge in [-0.1, -0.05) is 6.07 Å². The van der Waals surface area contributed by atoms with Gasteiger partial charge in [0.05, 0.1) is 6.20 Å². The molecule has 1 aromatic heterocycles. The molecule has 78 valence electrons. The number of H-pyrrole nitrogens is 1. The molecule has 0 aliphatic carbocycles. The number of anilines is 3. The van der Waals surface area contributed by atoms with E-state index in [1.165, 1.54) is 4.90 Å². The summed E-state index contributed by atoms with van der Waals surface area (Å²) in [6.45, 7) is 0. The summed E-state index contributed by atoms with van der Waals surface area (Å²) >= 11 is 1.71. The van der Waals surface area contributed by atoms with Gasteiger partial charge in [0.25, 0.3) is 0 Å². The van der Waals surface area contributed by atoms with Crippen molar-refractivity contribution in [1.82, 2.24) is 10.2 Å². The van der Waals surface area contributed by atoms with Crippen LogP contribution in [0.1, 0.15) is 0 Å². The lowest BCUT2D eigenvalue weighted by Crippen LogP contribution is -1.93. The van der Waals surface area contributed by atoms with Gasteiger partial charge in [0.2, 0.25) is 0 Å². The van der Waals surface area contributed by atoms with Crippen molar-refractivity contribution < 1.29 is 0 Å². The molecule has 0 bridgehead atoms. The van der Waals surface area contributed by atoms with E-state index in [0.29, 0.717) is 5.82 Å². The van der Waals surface area contributed by atoms with Gasteiger partial charge in [-0.25, -0.2) is 0 Å². The molecule has 0 fully saturated rings. The molecule has 4 nitrogen and oxygen atoms in total. The van der Waals surface area contributed by atoms with Crippen LogP contribution in [0.15, 0.2) is 35.4 Å². The number of thioether (sulfide) groups is 1. The molecule has 0 saturated carbocycles. The van der Waals surface area contributed by atoms with Gasteiger partial charge in [-0.3, -0.25) is 5.10 Å². The molecule has 1 heterocycles. The Morgan fingerprint density at radius 2 is 2.33 bits per heavy atom. The number of aromatic amines is 1. The van der Waals surface area contributed by atoms with E-state index in [1.807, 2.05) is 18.4 Å². The Bertz CT molecular complexity index is 452. The maximum absolute atomic E-state index is 5.67. The molecule has 1 aromatic carbocycles. The molecule has 0 radical (unpaired) electrons. The number of aromatic nitrogens is 2. The summed E-state index contributed by atoms with van der Waals surface area (Å²) in [6, 6.07) is 8.13. The number of hydrogen-bond acceptors (Lipinski definition) is 4. The second kappa shape index (κ2) is 4.27. The fraction of sp³-hybridized carbons (Fsp3) is 0.100. The third-order valence-corrected chi connectivity index (χ3v) is 2.74. The Morgan fingerprint density at radius 3 is 3.00 bits per heavy atom. The van der Waals surface area contributed by atoms with Crippen LogP contribution in [0.25, 0.3) is 0 Å². The fourth-order valence-electron chi connectivity index (χ4n) is 1.25. The van der Waals surface area contributed by atoms with Crippen molar-refractivity contribution in [3.05, 3.63) is 30.5 Å². The van der Waals surface area contributed by atoms with Gasteiger partial charge in [0, 0.05) is 10.6 Å². The zero-order valence-corrected chi connectivity index (χ0v) is 9.14.